The second-order valence-electron chi connectivity index (χ2n) is 5.52. The summed E-state index contributed by atoms with van der Waals surface area (Å²) in [4.78, 5) is 12.5. The molecule has 0 spiro atoms. The van der Waals surface area contributed by atoms with Crippen molar-refractivity contribution in [3.63, 3.8) is 0 Å². The molecule has 26 heavy (non-hydrogen) atoms. The first kappa shape index (κ1) is 16.4. The van der Waals surface area contributed by atoms with E-state index < -0.39 is 0 Å². The lowest BCUT2D eigenvalue weighted by Gasteiger charge is -2.10. The zero-order valence-corrected chi connectivity index (χ0v) is 14.8. The quantitative estimate of drug-likeness (QED) is 0.380. The van der Waals surface area contributed by atoms with E-state index in [4.69, 9.17) is 9.15 Å². The summed E-state index contributed by atoms with van der Waals surface area (Å²) in [6, 6.07) is 16.9. The van der Waals surface area contributed by atoms with Gasteiger partial charge in [0.15, 0.2) is 10.9 Å². The third kappa shape index (κ3) is 3.09. The molecule has 2 aromatic carbocycles. The van der Waals surface area contributed by atoms with Gasteiger partial charge in [-0.1, -0.05) is 42.1 Å². The molecule has 130 valence electrons. The summed E-state index contributed by atoms with van der Waals surface area (Å²) in [5, 5.41) is 9.60. The standard InChI is InChI=1S/C19H15N3O3S/c1-24-17-9-5-3-7-14(17)22-12-20-21-19(22)26-11-15(23)18-10-13-6-2-4-8-16(13)25-18/h2-10,12H,11H2,1H3. The molecule has 0 saturated heterocycles. The summed E-state index contributed by atoms with van der Waals surface area (Å²) in [5.74, 6) is 1.16. The number of ketones is 1. The lowest BCUT2D eigenvalue weighted by Crippen LogP contribution is -2.03. The summed E-state index contributed by atoms with van der Waals surface area (Å²) in [7, 11) is 1.61. The number of hydrogen-bond acceptors (Lipinski definition) is 6. The maximum Gasteiger partial charge on any atom is 0.208 e. The van der Waals surface area contributed by atoms with Crippen LogP contribution in [0, 0.1) is 0 Å². The minimum absolute atomic E-state index is 0.0965. The van der Waals surface area contributed by atoms with Gasteiger partial charge < -0.3 is 9.15 Å². The van der Waals surface area contributed by atoms with Crippen LogP contribution in [0.15, 0.2) is 70.5 Å². The van der Waals surface area contributed by atoms with E-state index in [1.807, 2.05) is 48.5 Å². The fourth-order valence-corrected chi connectivity index (χ4v) is 3.43. The largest absolute Gasteiger partial charge is 0.495 e. The van der Waals surface area contributed by atoms with E-state index in [0.29, 0.717) is 22.2 Å². The lowest BCUT2D eigenvalue weighted by atomic mass is 10.2. The molecule has 2 heterocycles. The maximum atomic E-state index is 12.5. The Morgan fingerprint density at radius 3 is 2.85 bits per heavy atom. The highest BCUT2D eigenvalue weighted by Crippen LogP contribution is 2.27. The molecule has 0 aliphatic carbocycles. The topological polar surface area (TPSA) is 70.2 Å². The van der Waals surface area contributed by atoms with Crippen LogP contribution in [-0.4, -0.2) is 33.4 Å². The third-order valence-corrected chi connectivity index (χ3v) is 4.84. The number of Topliss-reactive ketones (excluding diaryl/α,β-unsaturated/α-hetero) is 1. The van der Waals surface area contributed by atoms with E-state index in [1.54, 1.807) is 24.1 Å². The van der Waals surface area contributed by atoms with Gasteiger partial charge >= 0.3 is 0 Å². The van der Waals surface area contributed by atoms with Crippen LogP contribution in [0.1, 0.15) is 10.6 Å². The molecule has 0 unspecified atom stereocenters. The lowest BCUT2D eigenvalue weighted by molar-refractivity contribution is 0.0994. The van der Waals surface area contributed by atoms with Gasteiger partial charge in [-0.2, -0.15) is 0 Å². The number of aromatic nitrogens is 3. The Morgan fingerprint density at radius 1 is 1.19 bits per heavy atom. The van der Waals surface area contributed by atoms with E-state index in [2.05, 4.69) is 10.2 Å². The zero-order chi connectivity index (χ0) is 17.9. The summed E-state index contributed by atoms with van der Waals surface area (Å²) in [5.41, 5.74) is 1.52. The van der Waals surface area contributed by atoms with Gasteiger partial charge in [0, 0.05) is 5.39 Å². The predicted molar refractivity (Wildman–Crippen MR) is 99.2 cm³/mol. The molecule has 0 amide bonds. The van der Waals surface area contributed by atoms with Gasteiger partial charge in [-0.15, -0.1) is 10.2 Å². The predicted octanol–water partition coefficient (Wildman–Crippen LogP) is 4.00. The molecule has 4 rings (SSSR count). The van der Waals surface area contributed by atoms with Crippen LogP contribution in [0.4, 0.5) is 0 Å². The van der Waals surface area contributed by atoms with Gasteiger partial charge in [0.25, 0.3) is 0 Å². The molecule has 0 N–H and O–H groups in total. The number of ether oxygens (including phenoxy) is 1. The third-order valence-electron chi connectivity index (χ3n) is 3.89. The van der Waals surface area contributed by atoms with Gasteiger partial charge in [0.05, 0.1) is 18.6 Å². The molecule has 0 aliphatic heterocycles. The first-order valence-corrected chi connectivity index (χ1v) is 8.93. The first-order valence-electron chi connectivity index (χ1n) is 7.94. The van der Waals surface area contributed by atoms with Gasteiger partial charge in [0.1, 0.15) is 17.7 Å². The number of furan rings is 1. The molecule has 0 saturated carbocycles. The Hall–Kier alpha value is -3.06. The summed E-state index contributed by atoms with van der Waals surface area (Å²) in [6.45, 7) is 0. The number of nitrogens with zero attached hydrogens (tertiary/aromatic N) is 3. The fraction of sp³-hybridized carbons (Fsp3) is 0.105. The van der Waals surface area contributed by atoms with Crippen molar-refractivity contribution in [3.05, 3.63) is 66.7 Å². The van der Waals surface area contributed by atoms with Gasteiger partial charge in [0.2, 0.25) is 5.78 Å². The number of hydrogen-bond donors (Lipinski definition) is 0. The normalized spacial score (nSPS) is 11.0. The number of rotatable bonds is 6. The zero-order valence-electron chi connectivity index (χ0n) is 14.0. The Balaban J connectivity index is 1.54. The van der Waals surface area contributed by atoms with Crippen molar-refractivity contribution in [1.82, 2.24) is 14.8 Å². The van der Waals surface area contributed by atoms with E-state index in [1.165, 1.54) is 11.8 Å². The number of thioether (sulfide) groups is 1. The minimum Gasteiger partial charge on any atom is -0.495 e. The molecule has 0 atom stereocenters. The Kier molecular flexibility index (Phi) is 4.45. The van der Waals surface area contributed by atoms with Crippen molar-refractivity contribution >= 4 is 28.5 Å². The number of carbonyl (C=O) groups is 1. The smallest absolute Gasteiger partial charge is 0.208 e. The molecule has 0 fully saturated rings. The number of methoxy groups -OCH3 is 1. The number of benzene rings is 2. The molecule has 7 heteroatoms. The molecule has 0 radical (unpaired) electrons. The van der Waals surface area contributed by atoms with Crippen molar-refractivity contribution < 1.29 is 13.9 Å². The van der Waals surface area contributed by atoms with Crippen molar-refractivity contribution in [2.24, 2.45) is 0 Å². The molecular weight excluding hydrogens is 350 g/mol. The van der Waals surface area contributed by atoms with Crippen molar-refractivity contribution in [2.75, 3.05) is 12.9 Å². The number of carbonyl (C=O) groups excluding carboxylic acids is 1. The van der Waals surface area contributed by atoms with Crippen molar-refractivity contribution in [3.8, 4) is 11.4 Å². The molecule has 6 nitrogen and oxygen atoms in total. The average Bonchev–Trinajstić information content (AvgIpc) is 3.32. The highest BCUT2D eigenvalue weighted by atomic mass is 32.2. The minimum atomic E-state index is -0.0965. The highest BCUT2D eigenvalue weighted by Gasteiger charge is 2.16. The SMILES string of the molecule is COc1ccccc1-n1cnnc1SCC(=O)c1cc2ccccc2o1. The Morgan fingerprint density at radius 2 is 2.00 bits per heavy atom. The van der Waals surface area contributed by atoms with E-state index >= 15 is 0 Å². The Bertz CT molecular complexity index is 1040. The number of para-hydroxylation sites is 3. The second-order valence-corrected chi connectivity index (χ2v) is 6.46. The van der Waals surface area contributed by atoms with Gasteiger partial charge in [-0.25, -0.2) is 0 Å². The number of fused-ring (bicyclic) bond motifs is 1. The van der Waals surface area contributed by atoms with E-state index in [9.17, 15) is 4.79 Å². The van der Waals surface area contributed by atoms with Crippen LogP contribution in [0.2, 0.25) is 0 Å². The fourth-order valence-electron chi connectivity index (χ4n) is 2.64. The molecule has 2 aromatic heterocycles. The van der Waals surface area contributed by atoms with Crippen LogP contribution >= 0.6 is 11.8 Å². The molecule has 0 bridgehead atoms. The van der Waals surface area contributed by atoms with Crippen molar-refractivity contribution in [1.29, 1.82) is 0 Å². The highest BCUT2D eigenvalue weighted by molar-refractivity contribution is 7.99. The summed E-state index contributed by atoms with van der Waals surface area (Å²) >= 11 is 1.30. The van der Waals surface area contributed by atoms with Crippen LogP contribution in [0.25, 0.3) is 16.7 Å². The summed E-state index contributed by atoms with van der Waals surface area (Å²) in [6.07, 6.45) is 1.60. The van der Waals surface area contributed by atoms with Crippen LogP contribution in [0.3, 0.4) is 0 Å². The van der Waals surface area contributed by atoms with Crippen LogP contribution in [0.5, 0.6) is 5.75 Å². The first-order chi connectivity index (χ1) is 12.8. The Labute approximate surface area is 153 Å². The second kappa shape index (κ2) is 7.05. The molecule has 0 aliphatic rings. The van der Waals surface area contributed by atoms with Gasteiger partial charge in [-0.05, 0) is 24.3 Å². The van der Waals surface area contributed by atoms with Crippen molar-refractivity contribution in [2.45, 2.75) is 5.16 Å². The summed E-state index contributed by atoms with van der Waals surface area (Å²) < 4.78 is 12.8. The average molecular weight is 365 g/mol. The molecule has 4 aromatic rings. The van der Waals surface area contributed by atoms with E-state index in [-0.39, 0.29) is 11.5 Å². The maximum absolute atomic E-state index is 12.5. The van der Waals surface area contributed by atoms with Crippen LogP contribution < -0.4 is 4.74 Å². The monoisotopic (exact) mass is 365 g/mol. The molecular formula is C19H15N3O3S. The van der Waals surface area contributed by atoms with E-state index in [0.717, 1.165) is 11.1 Å². The van der Waals surface area contributed by atoms with Crippen LogP contribution in [-0.2, 0) is 0 Å². The van der Waals surface area contributed by atoms with Gasteiger partial charge in [-0.3, -0.25) is 9.36 Å².